The summed E-state index contributed by atoms with van der Waals surface area (Å²) >= 11 is 0. The largest absolute Gasteiger partial charge is 0.493 e. The lowest BCUT2D eigenvalue weighted by Crippen LogP contribution is -2.44. The van der Waals surface area contributed by atoms with Gasteiger partial charge in [0.15, 0.2) is 23.1 Å². The second-order valence-corrected chi connectivity index (χ2v) is 10.3. The molecule has 3 aromatic carbocycles. The summed E-state index contributed by atoms with van der Waals surface area (Å²) in [4.78, 5) is 25.9. The van der Waals surface area contributed by atoms with Crippen LogP contribution in [0, 0.1) is 11.6 Å². The first kappa shape index (κ1) is 28.4. The van der Waals surface area contributed by atoms with Gasteiger partial charge in [0.2, 0.25) is 5.91 Å². The van der Waals surface area contributed by atoms with Gasteiger partial charge in [-0.05, 0) is 61.3 Å². The van der Waals surface area contributed by atoms with E-state index < -0.39 is 17.5 Å². The zero-order valence-electron chi connectivity index (χ0n) is 23.2. The molecule has 0 spiro atoms. The number of carbonyl (C=O) groups excluding carboxylic acids is 1. The molecular formula is C31H33F2N5O3. The summed E-state index contributed by atoms with van der Waals surface area (Å²) in [6.07, 6.45) is 2.55. The number of halogens is 2. The summed E-state index contributed by atoms with van der Waals surface area (Å²) in [7, 11) is 3.73. The Morgan fingerprint density at radius 2 is 1.78 bits per heavy atom. The zero-order chi connectivity index (χ0) is 28.9. The normalized spacial score (nSPS) is 14.3. The molecule has 2 heterocycles. The fraction of sp³-hybridized carbons (Fsp3) is 0.323. The zero-order valence-corrected chi connectivity index (χ0v) is 23.2. The Labute approximate surface area is 237 Å². The van der Waals surface area contributed by atoms with Crippen molar-refractivity contribution < 1.29 is 23.0 Å². The van der Waals surface area contributed by atoms with Gasteiger partial charge in [-0.3, -0.25) is 4.79 Å². The van der Waals surface area contributed by atoms with E-state index in [0.717, 1.165) is 56.7 Å². The number of hydrogen-bond donors (Lipinski definition) is 1. The van der Waals surface area contributed by atoms with E-state index in [2.05, 4.69) is 26.8 Å². The Morgan fingerprint density at radius 1 is 0.976 bits per heavy atom. The number of fused-ring (bicyclic) bond motifs is 1. The number of nitrogens with zero attached hydrogens (tertiary/aromatic N) is 4. The van der Waals surface area contributed by atoms with E-state index >= 15 is 0 Å². The highest BCUT2D eigenvalue weighted by Gasteiger charge is 2.17. The highest BCUT2D eigenvalue weighted by molar-refractivity contribution is 5.97. The van der Waals surface area contributed by atoms with Crippen LogP contribution in [0.5, 0.6) is 11.5 Å². The second-order valence-electron chi connectivity index (χ2n) is 10.3. The first-order valence-corrected chi connectivity index (χ1v) is 13.6. The summed E-state index contributed by atoms with van der Waals surface area (Å²) in [6, 6.07) is 12.5. The Balaban J connectivity index is 1.40. The van der Waals surface area contributed by atoms with Crippen molar-refractivity contribution in [2.45, 2.75) is 12.8 Å². The molecule has 0 radical (unpaired) electrons. The van der Waals surface area contributed by atoms with Crippen LogP contribution in [0.2, 0.25) is 0 Å². The number of ether oxygens (including phenoxy) is 2. The van der Waals surface area contributed by atoms with E-state index in [0.29, 0.717) is 51.6 Å². The maximum Gasteiger partial charge on any atom is 0.248 e. The van der Waals surface area contributed by atoms with Crippen LogP contribution in [-0.4, -0.2) is 79.2 Å². The number of primary amides is 1. The predicted molar refractivity (Wildman–Crippen MR) is 153 cm³/mol. The molecule has 2 N–H and O–H groups in total. The third kappa shape index (κ3) is 6.61. The fourth-order valence-electron chi connectivity index (χ4n) is 5.11. The summed E-state index contributed by atoms with van der Waals surface area (Å²) in [5.74, 6) is -1.34. The number of hydrogen-bond acceptors (Lipinski definition) is 7. The summed E-state index contributed by atoms with van der Waals surface area (Å²) in [5, 5.41) is 0.736. The first-order valence-electron chi connectivity index (χ1n) is 13.6. The third-order valence-electron chi connectivity index (χ3n) is 7.42. The van der Waals surface area contributed by atoms with E-state index in [9.17, 15) is 13.6 Å². The average Bonchev–Trinajstić information content (AvgIpc) is 2.97. The molecular weight excluding hydrogens is 528 g/mol. The van der Waals surface area contributed by atoms with Crippen LogP contribution < -0.4 is 15.2 Å². The van der Waals surface area contributed by atoms with Crippen molar-refractivity contribution in [2.75, 3.05) is 53.5 Å². The molecule has 0 saturated carbocycles. The minimum absolute atomic E-state index is 0.182. The number of rotatable bonds is 10. The maximum atomic E-state index is 13.9. The number of aromatic nitrogens is 2. The lowest BCUT2D eigenvalue weighted by atomic mass is 9.95. The minimum Gasteiger partial charge on any atom is -0.493 e. The van der Waals surface area contributed by atoms with Crippen molar-refractivity contribution >= 4 is 16.8 Å². The van der Waals surface area contributed by atoms with Crippen molar-refractivity contribution in [2.24, 2.45) is 5.73 Å². The Bertz CT molecular complexity index is 1560. The molecule has 5 rings (SSSR count). The third-order valence-corrected chi connectivity index (χ3v) is 7.42. The van der Waals surface area contributed by atoms with Crippen molar-refractivity contribution in [3.05, 3.63) is 83.2 Å². The Morgan fingerprint density at radius 3 is 2.51 bits per heavy atom. The molecule has 1 aliphatic rings. The van der Waals surface area contributed by atoms with Gasteiger partial charge in [0.25, 0.3) is 0 Å². The number of likely N-dealkylation sites (N-methyl/N-ethyl adjacent to an activating group) is 1. The summed E-state index contributed by atoms with van der Waals surface area (Å²) < 4.78 is 39.1. The summed E-state index contributed by atoms with van der Waals surface area (Å²) in [5.41, 5.74) is 9.00. The fourth-order valence-corrected chi connectivity index (χ4v) is 5.11. The van der Waals surface area contributed by atoms with Crippen LogP contribution in [0.1, 0.15) is 27.9 Å². The van der Waals surface area contributed by atoms with Crippen molar-refractivity contribution in [3.8, 4) is 22.8 Å². The van der Waals surface area contributed by atoms with Crippen LogP contribution in [0.3, 0.4) is 0 Å². The SMILES string of the molecule is COc1cc2c(-c3ccc(C(N)=O)c(Cc4ccc(F)c(F)c4)c3)ncnc2cc1OCCCN1CCN(C)CC1. The van der Waals surface area contributed by atoms with E-state index in [4.69, 9.17) is 15.2 Å². The van der Waals surface area contributed by atoms with Crippen LogP contribution in [0.15, 0.2) is 54.9 Å². The molecule has 1 saturated heterocycles. The van der Waals surface area contributed by atoms with Gasteiger partial charge in [-0.1, -0.05) is 12.1 Å². The topological polar surface area (TPSA) is 93.8 Å². The molecule has 4 aromatic rings. The predicted octanol–water partition coefficient (Wildman–Crippen LogP) is 4.29. The monoisotopic (exact) mass is 561 g/mol. The molecule has 0 bridgehead atoms. The average molecular weight is 562 g/mol. The molecule has 41 heavy (non-hydrogen) atoms. The highest BCUT2D eigenvalue weighted by Crippen LogP contribution is 2.36. The van der Waals surface area contributed by atoms with Crippen molar-refractivity contribution in [1.29, 1.82) is 0 Å². The van der Waals surface area contributed by atoms with Gasteiger partial charge in [-0.25, -0.2) is 18.7 Å². The van der Waals surface area contributed by atoms with Crippen LogP contribution in [0.25, 0.3) is 22.2 Å². The molecule has 8 nitrogen and oxygen atoms in total. The molecule has 0 aliphatic carbocycles. The lowest BCUT2D eigenvalue weighted by molar-refractivity contribution is 0.0999. The van der Waals surface area contributed by atoms with Crippen LogP contribution in [0.4, 0.5) is 8.78 Å². The standard InChI is InChI=1S/C31H33F2N5O3/c1-37-9-11-38(12-10-37)8-3-13-41-29-18-27-24(17-28(29)40-2)30(36-19-35-27)21-5-6-23(31(34)39)22(16-21)14-20-4-7-25(32)26(33)15-20/h4-7,15-19H,3,8-14H2,1-2H3,(H2,34,39). The van der Waals surface area contributed by atoms with E-state index in [1.54, 1.807) is 25.3 Å². The molecule has 1 aromatic heterocycles. The number of piperazine rings is 1. The van der Waals surface area contributed by atoms with E-state index in [1.807, 2.05) is 12.1 Å². The van der Waals surface area contributed by atoms with Gasteiger partial charge in [-0.2, -0.15) is 0 Å². The van der Waals surface area contributed by atoms with Crippen LogP contribution in [-0.2, 0) is 6.42 Å². The molecule has 10 heteroatoms. The lowest BCUT2D eigenvalue weighted by Gasteiger charge is -2.32. The van der Waals surface area contributed by atoms with Crippen LogP contribution >= 0.6 is 0 Å². The number of benzene rings is 3. The number of methoxy groups -OCH3 is 1. The highest BCUT2D eigenvalue weighted by atomic mass is 19.2. The minimum atomic E-state index is -0.953. The van der Waals surface area contributed by atoms with Crippen molar-refractivity contribution in [3.63, 3.8) is 0 Å². The van der Waals surface area contributed by atoms with Crippen molar-refractivity contribution in [1.82, 2.24) is 19.8 Å². The molecule has 1 fully saturated rings. The van der Waals surface area contributed by atoms with E-state index in [1.165, 1.54) is 12.4 Å². The van der Waals surface area contributed by atoms with Gasteiger partial charge < -0.3 is 25.0 Å². The Kier molecular flexibility index (Phi) is 8.70. The maximum absolute atomic E-state index is 13.9. The summed E-state index contributed by atoms with van der Waals surface area (Å²) in [6.45, 7) is 5.83. The molecule has 1 aliphatic heterocycles. The van der Waals surface area contributed by atoms with Gasteiger partial charge in [0.1, 0.15) is 6.33 Å². The first-order chi connectivity index (χ1) is 19.8. The van der Waals surface area contributed by atoms with Gasteiger partial charge in [-0.15, -0.1) is 0 Å². The molecule has 214 valence electrons. The number of carbonyl (C=O) groups is 1. The Hall–Kier alpha value is -4.15. The molecule has 0 unspecified atom stereocenters. The van der Waals surface area contributed by atoms with Gasteiger partial charge in [0, 0.05) is 55.3 Å². The van der Waals surface area contributed by atoms with Gasteiger partial charge in [0.05, 0.1) is 24.9 Å². The molecule has 1 amide bonds. The number of amides is 1. The number of nitrogens with two attached hydrogens (primary N) is 1. The van der Waals surface area contributed by atoms with Gasteiger partial charge >= 0.3 is 0 Å². The smallest absolute Gasteiger partial charge is 0.248 e. The second kappa shape index (κ2) is 12.6. The van der Waals surface area contributed by atoms with E-state index in [-0.39, 0.29) is 6.42 Å². The quantitative estimate of drug-likeness (QED) is 0.289. The molecule has 0 atom stereocenters.